The molecule has 1 aromatic carbocycles. The zero-order chi connectivity index (χ0) is 20.3. The maximum Gasteiger partial charge on any atom is 0.225 e. The van der Waals surface area contributed by atoms with Crippen molar-refractivity contribution in [2.75, 3.05) is 33.3 Å². The number of hydrogen-bond donors (Lipinski definition) is 3. The summed E-state index contributed by atoms with van der Waals surface area (Å²) in [6.07, 6.45) is 0.962. The van der Waals surface area contributed by atoms with Crippen molar-refractivity contribution in [1.29, 1.82) is 0 Å². The highest BCUT2D eigenvalue weighted by Gasteiger charge is 2.20. The van der Waals surface area contributed by atoms with E-state index in [2.05, 4.69) is 40.0 Å². The predicted octanol–water partition coefficient (Wildman–Crippen LogP) is 3.52. The van der Waals surface area contributed by atoms with Crippen molar-refractivity contribution in [2.45, 2.75) is 47.0 Å². The van der Waals surface area contributed by atoms with Crippen molar-refractivity contribution >= 4 is 35.8 Å². The Hall–Kier alpha value is -1.51. The monoisotopic (exact) mass is 504 g/mol. The number of rotatable bonds is 9. The van der Waals surface area contributed by atoms with Crippen LogP contribution in [-0.4, -0.2) is 45.2 Å². The van der Waals surface area contributed by atoms with Crippen molar-refractivity contribution in [1.82, 2.24) is 16.0 Å². The number of guanidine groups is 1. The van der Waals surface area contributed by atoms with Gasteiger partial charge < -0.3 is 20.7 Å². The van der Waals surface area contributed by atoms with E-state index >= 15 is 0 Å². The molecule has 28 heavy (non-hydrogen) atoms. The van der Waals surface area contributed by atoms with Gasteiger partial charge in [0.2, 0.25) is 5.91 Å². The first-order valence-electron chi connectivity index (χ1n) is 9.72. The van der Waals surface area contributed by atoms with E-state index < -0.39 is 0 Å². The molecule has 0 aromatic heterocycles. The van der Waals surface area contributed by atoms with Crippen molar-refractivity contribution < 1.29 is 9.53 Å². The largest absolute Gasteiger partial charge is 0.497 e. The number of hydrogen-bond acceptors (Lipinski definition) is 3. The molecule has 0 bridgehead atoms. The van der Waals surface area contributed by atoms with E-state index in [1.165, 1.54) is 5.56 Å². The van der Waals surface area contributed by atoms with Crippen LogP contribution >= 0.6 is 24.0 Å². The number of carbonyl (C=O) groups excluding carboxylic acids is 1. The standard InChI is InChI=1S/C21H36N4O2.HI/c1-7-22-20(25-15-14-23-19(26)21(3,4)5)24-13-12-16(2)17-8-10-18(27-6)11-9-17;/h8-11,16H,7,12-15H2,1-6H3,(H,23,26)(H2,22,24,25);1H. The number of benzene rings is 1. The molecule has 1 unspecified atom stereocenters. The van der Waals surface area contributed by atoms with Crippen molar-refractivity contribution in [3.63, 3.8) is 0 Å². The van der Waals surface area contributed by atoms with Crippen molar-refractivity contribution in [3.05, 3.63) is 29.8 Å². The molecule has 0 heterocycles. The first-order valence-corrected chi connectivity index (χ1v) is 9.72. The summed E-state index contributed by atoms with van der Waals surface area (Å²) in [5.41, 5.74) is 0.921. The van der Waals surface area contributed by atoms with E-state index in [-0.39, 0.29) is 35.3 Å². The Balaban J connectivity index is 0.00000729. The lowest BCUT2D eigenvalue weighted by molar-refractivity contribution is -0.128. The minimum Gasteiger partial charge on any atom is -0.497 e. The van der Waals surface area contributed by atoms with Gasteiger partial charge in [-0.15, -0.1) is 24.0 Å². The van der Waals surface area contributed by atoms with Gasteiger partial charge in [0.15, 0.2) is 5.96 Å². The van der Waals surface area contributed by atoms with Gasteiger partial charge >= 0.3 is 0 Å². The van der Waals surface area contributed by atoms with Crippen LogP contribution in [0.2, 0.25) is 0 Å². The number of amides is 1. The molecular weight excluding hydrogens is 467 g/mol. The smallest absolute Gasteiger partial charge is 0.225 e. The molecule has 0 fully saturated rings. The van der Waals surface area contributed by atoms with E-state index in [0.29, 0.717) is 19.0 Å². The van der Waals surface area contributed by atoms with Crippen LogP contribution in [0.1, 0.15) is 52.5 Å². The number of ether oxygens (including phenoxy) is 1. The van der Waals surface area contributed by atoms with Crippen LogP contribution in [-0.2, 0) is 4.79 Å². The van der Waals surface area contributed by atoms with Gasteiger partial charge in [-0.05, 0) is 37.0 Å². The molecule has 0 aliphatic heterocycles. The third-order valence-corrected chi connectivity index (χ3v) is 4.25. The highest BCUT2D eigenvalue weighted by molar-refractivity contribution is 14.0. The van der Waals surface area contributed by atoms with Gasteiger partial charge in [-0.1, -0.05) is 39.8 Å². The lowest BCUT2D eigenvalue weighted by Crippen LogP contribution is -2.43. The highest BCUT2D eigenvalue weighted by atomic mass is 127. The Labute approximate surface area is 187 Å². The Morgan fingerprint density at radius 3 is 2.25 bits per heavy atom. The average molecular weight is 504 g/mol. The first-order chi connectivity index (χ1) is 12.8. The molecule has 0 saturated heterocycles. The SMILES string of the molecule is CCNC(=NCCC(C)c1ccc(OC)cc1)NCCNC(=O)C(C)(C)C.I. The maximum atomic E-state index is 11.9. The van der Waals surface area contributed by atoms with E-state index in [0.717, 1.165) is 31.2 Å². The number of methoxy groups -OCH3 is 1. The fourth-order valence-electron chi connectivity index (χ4n) is 2.43. The number of aliphatic imine (C=N–C) groups is 1. The van der Waals surface area contributed by atoms with E-state index in [4.69, 9.17) is 4.74 Å². The summed E-state index contributed by atoms with van der Waals surface area (Å²) in [7, 11) is 1.68. The average Bonchev–Trinajstić information content (AvgIpc) is 2.64. The fraction of sp³-hybridized carbons (Fsp3) is 0.619. The molecule has 0 spiro atoms. The Bertz CT molecular complexity index is 597. The number of carbonyl (C=O) groups is 1. The second-order valence-corrected chi connectivity index (χ2v) is 7.66. The lowest BCUT2D eigenvalue weighted by Gasteiger charge is -2.18. The molecule has 1 rings (SSSR count). The van der Waals surface area contributed by atoms with Crippen LogP contribution < -0.4 is 20.7 Å². The molecule has 1 aromatic rings. The van der Waals surface area contributed by atoms with Crippen LogP contribution in [0.5, 0.6) is 5.75 Å². The van der Waals surface area contributed by atoms with Gasteiger partial charge in [0.1, 0.15) is 5.75 Å². The molecule has 0 saturated carbocycles. The predicted molar refractivity (Wildman–Crippen MR) is 128 cm³/mol. The summed E-state index contributed by atoms with van der Waals surface area (Å²) in [6, 6.07) is 8.20. The summed E-state index contributed by atoms with van der Waals surface area (Å²) in [5.74, 6) is 2.14. The third kappa shape index (κ3) is 10.1. The Kier molecular flexibility index (Phi) is 12.9. The highest BCUT2D eigenvalue weighted by Crippen LogP contribution is 2.21. The van der Waals surface area contributed by atoms with Crippen LogP contribution in [0.4, 0.5) is 0 Å². The lowest BCUT2D eigenvalue weighted by atomic mass is 9.96. The normalized spacial score (nSPS) is 12.6. The van der Waals surface area contributed by atoms with Gasteiger partial charge in [-0.3, -0.25) is 9.79 Å². The van der Waals surface area contributed by atoms with E-state index in [1.807, 2.05) is 39.8 Å². The second-order valence-electron chi connectivity index (χ2n) is 7.66. The van der Waals surface area contributed by atoms with E-state index in [1.54, 1.807) is 7.11 Å². The zero-order valence-electron chi connectivity index (χ0n) is 18.1. The second kappa shape index (κ2) is 13.6. The maximum absolute atomic E-state index is 11.9. The van der Waals surface area contributed by atoms with Crippen LogP contribution in [0.3, 0.4) is 0 Å². The molecule has 1 amide bonds. The van der Waals surface area contributed by atoms with Gasteiger partial charge in [0.05, 0.1) is 7.11 Å². The molecule has 1 atom stereocenters. The zero-order valence-corrected chi connectivity index (χ0v) is 20.4. The molecule has 0 radical (unpaired) electrons. The summed E-state index contributed by atoms with van der Waals surface area (Å²) in [5, 5.41) is 9.43. The first kappa shape index (κ1) is 26.5. The third-order valence-electron chi connectivity index (χ3n) is 4.25. The van der Waals surface area contributed by atoms with E-state index in [9.17, 15) is 4.79 Å². The van der Waals surface area contributed by atoms with Crippen molar-refractivity contribution in [2.24, 2.45) is 10.4 Å². The molecule has 6 nitrogen and oxygen atoms in total. The van der Waals surface area contributed by atoms with Crippen molar-refractivity contribution in [3.8, 4) is 5.75 Å². The summed E-state index contributed by atoms with van der Waals surface area (Å²) in [4.78, 5) is 16.5. The number of nitrogens with one attached hydrogen (secondary N) is 3. The van der Waals surface area contributed by atoms with Gasteiger partial charge in [0, 0.05) is 31.6 Å². The molecule has 0 aliphatic rings. The van der Waals surface area contributed by atoms with Gasteiger partial charge in [0.25, 0.3) is 0 Å². The van der Waals surface area contributed by atoms with Crippen LogP contribution in [0.25, 0.3) is 0 Å². The molecule has 0 aliphatic carbocycles. The quantitative estimate of drug-likeness (QED) is 0.208. The topological polar surface area (TPSA) is 74.8 Å². The van der Waals surface area contributed by atoms with Crippen LogP contribution in [0, 0.1) is 5.41 Å². The Morgan fingerprint density at radius 2 is 1.71 bits per heavy atom. The number of nitrogens with zero attached hydrogens (tertiary/aromatic N) is 1. The summed E-state index contributed by atoms with van der Waals surface area (Å²) >= 11 is 0. The fourth-order valence-corrected chi connectivity index (χ4v) is 2.43. The number of halogens is 1. The molecular formula is C21H37IN4O2. The molecule has 160 valence electrons. The minimum atomic E-state index is -0.365. The van der Waals surface area contributed by atoms with Gasteiger partial charge in [-0.25, -0.2) is 0 Å². The molecule has 3 N–H and O–H groups in total. The Morgan fingerprint density at radius 1 is 1.11 bits per heavy atom. The summed E-state index contributed by atoms with van der Waals surface area (Å²) in [6.45, 7) is 12.7. The summed E-state index contributed by atoms with van der Waals surface area (Å²) < 4.78 is 5.20. The minimum absolute atomic E-state index is 0. The molecule has 7 heteroatoms. The van der Waals surface area contributed by atoms with Gasteiger partial charge in [-0.2, -0.15) is 0 Å². The van der Waals surface area contributed by atoms with Crippen LogP contribution in [0.15, 0.2) is 29.3 Å².